The SMILES string of the molecule is [2H]C([2H])([2H])C([2H])([2H])C([2H])([2H])C([2H])([2H])C([2H])([2H])C([2H])([2H])C([2H])([2H])C([2H])([2H])C([2H])([2H])C([2H])([2H])C([2H])([2H])C([2H])([2H])C([2H])([2H])C([2H])([2H])C([2H])([2H])C([2H])([2H])C([2H])([2H])C([2H])([2H])C([2H])([2H])C([2H])([2H])C([2H])([2H])C([2H])([2H])C([2H])([2H])C([2H])([2H])C([2H])([2H])C([2H])([2H])[2H]. The Bertz CT molecular complexity index is 2070. The maximum absolute atomic E-state index is 8.40. The van der Waals surface area contributed by atoms with Crippen molar-refractivity contribution in [1.82, 2.24) is 0 Å². The van der Waals surface area contributed by atoms with E-state index in [1.54, 1.807) is 0 Å². The molecule has 0 aromatic carbocycles. The van der Waals surface area contributed by atoms with E-state index in [2.05, 4.69) is 0 Å². The van der Waals surface area contributed by atoms with Gasteiger partial charge in [-0.3, -0.25) is 0 Å². The summed E-state index contributed by atoms with van der Waals surface area (Å²) in [5.74, 6) is 0. The van der Waals surface area contributed by atoms with Gasteiger partial charge in [0.1, 0.15) is 0 Å². The molecule has 0 unspecified atom stereocenters. The quantitative estimate of drug-likeness (QED) is 0.154. The lowest BCUT2D eigenvalue weighted by atomic mass is 10.0. The van der Waals surface area contributed by atoms with Crippen LogP contribution in [0.2, 0.25) is 0 Å². The Morgan fingerprint density at radius 2 is 0.462 bits per heavy atom. The molecule has 0 N–H and O–H groups in total. The van der Waals surface area contributed by atoms with Crippen molar-refractivity contribution < 1.29 is 74.0 Å². The maximum Gasteiger partial charge on any atom is 0.0267 e. The minimum absolute atomic E-state index is 4.26. The van der Waals surface area contributed by atoms with Crippen LogP contribution in [0.5, 0.6) is 0 Å². The highest BCUT2D eigenvalue weighted by Gasteiger charge is 1.95. The Morgan fingerprint density at radius 3 is 0.615 bits per heavy atom. The summed E-state index contributed by atoms with van der Waals surface area (Å²) >= 11 is 0. The predicted molar refractivity (Wildman–Crippen MR) is 122 cm³/mol. The van der Waals surface area contributed by atoms with E-state index >= 15 is 0 Å². The van der Waals surface area contributed by atoms with Crippen molar-refractivity contribution >= 4 is 0 Å². The summed E-state index contributed by atoms with van der Waals surface area (Å²) in [5.41, 5.74) is 0. The average molecular weight is 421 g/mol. The minimum Gasteiger partial charge on any atom is -0.0654 e. The molecule has 0 aliphatic carbocycles. The Hall–Kier alpha value is 0. The first-order valence-corrected chi connectivity index (χ1v) is 6.25. The minimum atomic E-state index is -5.58. The third-order valence-electron chi connectivity index (χ3n) is 1.44. The Morgan fingerprint density at radius 1 is 0.308 bits per heavy atom. The molecule has 158 valence electrons. The predicted octanol–water partition coefficient (Wildman–Crippen LogP) is 10.4. The number of hydrogen-bond donors (Lipinski definition) is 0. The molecule has 0 aromatic rings. The summed E-state index contributed by atoms with van der Waals surface area (Å²) < 4.78 is 438. The van der Waals surface area contributed by atoms with Gasteiger partial charge in [0.25, 0.3) is 0 Å². The van der Waals surface area contributed by atoms with Crippen LogP contribution in [0.15, 0.2) is 0 Å². The molecule has 0 nitrogen and oxygen atoms in total. The summed E-state index contributed by atoms with van der Waals surface area (Å²) in [6.07, 6.45) is -127. The normalized spacial score (nSPS) is 56.3. The van der Waals surface area contributed by atoms with Gasteiger partial charge in [-0.25, -0.2) is 0 Å². The number of hydrogen-bond acceptors (Lipinski definition) is 0. The van der Waals surface area contributed by atoms with Gasteiger partial charge in [-0.05, 0) is 0 Å². The summed E-state index contributed by atoms with van der Waals surface area (Å²) in [4.78, 5) is 0. The van der Waals surface area contributed by atoms with Crippen molar-refractivity contribution in [3.8, 4) is 0 Å². The molecule has 0 atom stereocenters. The van der Waals surface area contributed by atoms with E-state index in [0.717, 1.165) is 0 Å². The summed E-state index contributed by atoms with van der Waals surface area (Å²) in [6, 6.07) is 0. The third-order valence-corrected chi connectivity index (χ3v) is 1.44. The highest BCUT2D eigenvalue weighted by molar-refractivity contribution is 4.51. The first-order valence-electron chi connectivity index (χ1n) is 33.2. The van der Waals surface area contributed by atoms with E-state index in [4.69, 9.17) is 74.0 Å². The van der Waals surface area contributed by atoms with Crippen molar-refractivity contribution in [2.75, 3.05) is 0 Å². The van der Waals surface area contributed by atoms with Gasteiger partial charge in [0.15, 0.2) is 0 Å². The van der Waals surface area contributed by atoms with Gasteiger partial charge >= 0.3 is 0 Å². The van der Waals surface area contributed by atoms with Crippen molar-refractivity contribution in [3.63, 3.8) is 0 Å². The highest BCUT2D eigenvalue weighted by atomic mass is 14.0. The van der Waals surface area contributed by atoms with Crippen LogP contribution in [-0.2, 0) is 0 Å². The lowest BCUT2D eigenvalue weighted by Gasteiger charge is -2.04. The Kier molecular flexibility index (Phi) is 2.50. The van der Waals surface area contributed by atoms with Crippen molar-refractivity contribution in [1.29, 1.82) is 0 Å². The number of rotatable bonds is 23. The van der Waals surface area contributed by atoms with Crippen LogP contribution in [0.25, 0.3) is 0 Å². The van der Waals surface area contributed by atoms with E-state index in [-0.39, 0.29) is 0 Å². The molecule has 0 rings (SSSR count). The van der Waals surface area contributed by atoms with Crippen LogP contribution < -0.4 is 0 Å². The molecule has 0 bridgehead atoms. The van der Waals surface area contributed by atoms with Gasteiger partial charge < -0.3 is 0 Å². The van der Waals surface area contributed by atoms with E-state index in [9.17, 15) is 0 Å². The van der Waals surface area contributed by atoms with E-state index in [0.29, 0.717) is 0 Å². The fourth-order valence-corrected chi connectivity index (χ4v) is 0.688. The van der Waals surface area contributed by atoms with Gasteiger partial charge in [-0.2, -0.15) is 0 Å². The Balaban J connectivity index is 8.26. The van der Waals surface area contributed by atoms with Crippen LogP contribution >= 0.6 is 0 Å². The molecule has 0 aliphatic rings. The molecule has 0 aromatic heterocycles. The molecule has 0 radical (unpaired) electrons. The summed E-state index contributed by atoms with van der Waals surface area (Å²) in [7, 11) is 0. The monoisotopic (exact) mass is 421 g/mol. The topological polar surface area (TPSA) is 0 Å². The molecule has 0 heterocycles. The molecule has 0 amide bonds. The first kappa shape index (κ1) is 2.60. The zero-order chi connectivity index (χ0) is 67.0. The average Bonchev–Trinajstić information content (AvgIpc) is 3.20. The molecule has 0 spiro atoms. The second-order valence-corrected chi connectivity index (χ2v) is 3.00. The second kappa shape index (κ2) is 25.0. The van der Waals surface area contributed by atoms with Gasteiger partial charge in [0.2, 0.25) is 0 Å². The lowest BCUT2D eigenvalue weighted by molar-refractivity contribution is 0.518. The molecule has 0 heteroatoms. The van der Waals surface area contributed by atoms with E-state index in [1.165, 1.54) is 0 Å². The fourth-order valence-electron chi connectivity index (χ4n) is 0.688. The largest absolute Gasteiger partial charge is 0.0654 e. The van der Waals surface area contributed by atoms with E-state index < -0.39 is 167 Å². The molecule has 0 fully saturated rings. The van der Waals surface area contributed by atoms with Crippen LogP contribution in [0.3, 0.4) is 0 Å². The highest BCUT2D eigenvalue weighted by Crippen LogP contribution is 2.15. The maximum atomic E-state index is 8.40. The Labute approximate surface area is 244 Å². The van der Waals surface area contributed by atoms with Gasteiger partial charge in [-0.15, -0.1) is 0 Å². The molecule has 0 aliphatic heterocycles. The molecule has 0 saturated carbocycles. The van der Waals surface area contributed by atoms with E-state index in [1.807, 2.05) is 0 Å². The molecular weight excluding hydrogens is 312 g/mol. The van der Waals surface area contributed by atoms with Crippen molar-refractivity contribution in [3.05, 3.63) is 0 Å². The third kappa shape index (κ3) is 24.0. The van der Waals surface area contributed by atoms with Crippen LogP contribution in [0.1, 0.15) is 241 Å². The van der Waals surface area contributed by atoms with Crippen LogP contribution in [-0.4, -0.2) is 0 Å². The first-order chi connectivity index (χ1) is 33.2. The van der Waals surface area contributed by atoms with Crippen molar-refractivity contribution in [2.45, 2.75) is 167 Å². The zero-order valence-corrected chi connectivity index (χ0v) is 13.0. The molecule has 0 saturated heterocycles. The van der Waals surface area contributed by atoms with Gasteiger partial charge in [0.05, 0.1) is 0 Å². The van der Waals surface area contributed by atoms with Crippen LogP contribution in [0.4, 0.5) is 0 Å². The van der Waals surface area contributed by atoms with Gasteiger partial charge in [0, 0.05) is 74.0 Å². The smallest absolute Gasteiger partial charge is 0.0267 e. The fraction of sp³-hybridized carbons (Fsp3) is 1.00. The molecule has 26 heavy (non-hydrogen) atoms. The van der Waals surface area contributed by atoms with Gasteiger partial charge in [-0.1, -0.05) is 167 Å². The summed E-state index contributed by atoms with van der Waals surface area (Å²) in [6.45, 7) is -8.51. The second-order valence-electron chi connectivity index (χ2n) is 3.00. The summed E-state index contributed by atoms with van der Waals surface area (Å²) in [5, 5.41) is 0. The molecular formula is C26H54. The standard InChI is InChI=1S/C26H54/c1-3-5-7-9-11-13-15-17-19-21-23-25-26-24-22-20-18-16-14-12-10-8-6-4-2/h3-26H2,1-2H3/i1D3,2D3,3D2,4D2,5D2,6D2,7D2,8D2,9D2,10D2,11D2,12D2,13D2,14D2,15D2,16D2,17D2,18D2,19D2,20D2,21D2,22D2,23D2,24D2,25D2,26D2. The lowest BCUT2D eigenvalue weighted by Crippen LogP contribution is -1.84. The van der Waals surface area contributed by atoms with Crippen LogP contribution in [0, 0.1) is 0 Å². The zero-order valence-electron chi connectivity index (χ0n) is 67.0. The van der Waals surface area contributed by atoms with Crippen molar-refractivity contribution in [2.24, 2.45) is 0 Å².